The third-order valence-electron chi connectivity index (χ3n) is 3.67. The van der Waals surface area contributed by atoms with Crippen LogP contribution < -0.4 is 16.2 Å². The summed E-state index contributed by atoms with van der Waals surface area (Å²) in [5.74, 6) is 0. The van der Waals surface area contributed by atoms with Gasteiger partial charge in [-0.2, -0.15) is 0 Å². The van der Waals surface area contributed by atoms with Crippen molar-refractivity contribution in [1.29, 1.82) is 0 Å². The summed E-state index contributed by atoms with van der Waals surface area (Å²) in [7, 11) is -1.68. The summed E-state index contributed by atoms with van der Waals surface area (Å²) in [5, 5.41) is 8.62. The first-order chi connectivity index (χ1) is 9.27. The van der Waals surface area contributed by atoms with Crippen molar-refractivity contribution in [2.45, 2.75) is 30.7 Å². The van der Waals surface area contributed by atoms with Gasteiger partial charge in [0.15, 0.2) is 0 Å². The van der Waals surface area contributed by atoms with Crippen LogP contribution in [0.25, 0.3) is 0 Å². The van der Waals surface area contributed by atoms with E-state index in [2.05, 4.69) is 17.3 Å². The molecular formula is C13H22N4O2S. The predicted octanol–water partition coefficient (Wildman–Crippen LogP) is 0.731. The summed E-state index contributed by atoms with van der Waals surface area (Å²) in [4.78, 5) is 2.34. The van der Waals surface area contributed by atoms with Gasteiger partial charge in [0, 0.05) is 24.0 Å². The summed E-state index contributed by atoms with van der Waals surface area (Å²) >= 11 is 0. The highest BCUT2D eigenvalue weighted by Crippen LogP contribution is 2.27. The van der Waals surface area contributed by atoms with Crippen molar-refractivity contribution in [1.82, 2.24) is 4.90 Å². The van der Waals surface area contributed by atoms with Gasteiger partial charge in [-0.15, -0.1) is 0 Å². The van der Waals surface area contributed by atoms with E-state index in [9.17, 15) is 8.42 Å². The number of likely N-dealkylation sites (tertiary alicyclic amines) is 1. The highest BCUT2D eigenvalue weighted by Gasteiger charge is 2.20. The third-order valence-corrected chi connectivity index (χ3v) is 4.71. The van der Waals surface area contributed by atoms with E-state index >= 15 is 0 Å². The topological polar surface area (TPSA) is 101 Å². The minimum Gasteiger partial charge on any atom is -0.399 e. The number of sulfonamides is 1. The summed E-state index contributed by atoms with van der Waals surface area (Å²) in [5.41, 5.74) is 7.55. The maximum Gasteiger partial charge on any atom is 0.238 e. The van der Waals surface area contributed by atoms with Crippen LogP contribution in [0, 0.1) is 6.92 Å². The van der Waals surface area contributed by atoms with Gasteiger partial charge in [-0.05, 0) is 51.1 Å². The van der Waals surface area contributed by atoms with Crippen LogP contribution in [0.4, 0.5) is 11.4 Å². The molecule has 0 aliphatic carbocycles. The zero-order chi connectivity index (χ0) is 14.9. The molecule has 2 rings (SSSR count). The van der Waals surface area contributed by atoms with E-state index in [4.69, 9.17) is 10.9 Å². The van der Waals surface area contributed by atoms with Crippen LogP contribution in [0.3, 0.4) is 0 Å². The molecule has 5 N–H and O–H groups in total. The average molecular weight is 298 g/mol. The molecule has 1 aromatic rings. The van der Waals surface area contributed by atoms with Crippen molar-refractivity contribution >= 4 is 21.4 Å². The number of benzene rings is 1. The molecule has 0 bridgehead atoms. The van der Waals surface area contributed by atoms with Crippen molar-refractivity contribution in [3.63, 3.8) is 0 Å². The van der Waals surface area contributed by atoms with E-state index in [0.717, 1.165) is 31.6 Å². The second-order valence-electron chi connectivity index (χ2n) is 5.48. The van der Waals surface area contributed by atoms with Crippen molar-refractivity contribution in [2.75, 3.05) is 31.2 Å². The first-order valence-electron chi connectivity index (χ1n) is 6.65. The molecule has 0 radical (unpaired) electrons. The molecule has 0 saturated carbocycles. The Hall–Kier alpha value is -1.31. The van der Waals surface area contributed by atoms with Gasteiger partial charge in [0.2, 0.25) is 10.0 Å². The second-order valence-corrected chi connectivity index (χ2v) is 7.01. The Morgan fingerprint density at radius 1 is 1.40 bits per heavy atom. The lowest BCUT2D eigenvalue weighted by atomic mass is 10.0. The maximum absolute atomic E-state index is 11.6. The lowest BCUT2D eigenvalue weighted by Gasteiger charge is -2.31. The molecule has 0 aromatic heterocycles. The summed E-state index contributed by atoms with van der Waals surface area (Å²) in [6, 6.07) is 3.46. The van der Waals surface area contributed by atoms with Crippen molar-refractivity contribution in [3.8, 4) is 0 Å². The van der Waals surface area contributed by atoms with E-state index in [-0.39, 0.29) is 4.90 Å². The molecule has 6 nitrogen and oxygen atoms in total. The van der Waals surface area contributed by atoms with Crippen LogP contribution in [0.1, 0.15) is 18.4 Å². The van der Waals surface area contributed by atoms with Crippen LogP contribution in [-0.2, 0) is 10.0 Å². The highest BCUT2D eigenvalue weighted by molar-refractivity contribution is 7.89. The minimum atomic E-state index is -3.76. The molecule has 20 heavy (non-hydrogen) atoms. The number of hydrogen-bond acceptors (Lipinski definition) is 5. The monoisotopic (exact) mass is 298 g/mol. The fourth-order valence-corrected chi connectivity index (χ4v) is 3.50. The second kappa shape index (κ2) is 5.59. The maximum atomic E-state index is 11.6. The van der Waals surface area contributed by atoms with E-state index in [1.807, 2.05) is 0 Å². The number of nitrogens with zero attached hydrogens (tertiary/aromatic N) is 1. The fraction of sp³-hybridized carbons (Fsp3) is 0.538. The minimum absolute atomic E-state index is 0.0872. The number of nitrogens with one attached hydrogen (secondary N) is 1. The van der Waals surface area contributed by atoms with Crippen molar-refractivity contribution in [3.05, 3.63) is 17.7 Å². The fourth-order valence-electron chi connectivity index (χ4n) is 2.66. The number of nitrogens with two attached hydrogens (primary N) is 2. The Morgan fingerprint density at radius 3 is 2.70 bits per heavy atom. The van der Waals surface area contributed by atoms with Crippen LogP contribution in [0.5, 0.6) is 0 Å². The molecule has 7 heteroatoms. The number of likely N-dealkylation sites (N-methyl/N-ethyl adjacent to an activating group) is 1. The van der Waals surface area contributed by atoms with E-state index < -0.39 is 10.0 Å². The average Bonchev–Trinajstić information content (AvgIpc) is 2.32. The Bertz CT molecular complexity index is 601. The van der Waals surface area contributed by atoms with E-state index in [1.54, 1.807) is 13.0 Å². The van der Waals surface area contributed by atoms with Gasteiger partial charge in [-0.25, -0.2) is 13.6 Å². The number of hydrogen-bond donors (Lipinski definition) is 3. The molecule has 1 aliphatic rings. The van der Waals surface area contributed by atoms with Crippen LogP contribution in [0.15, 0.2) is 17.0 Å². The molecule has 0 spiro atoms. The Balaban J connectivity index is 2.30. The van der Waals surface area contributed by atoms with E-state index in [1.165, 1.54) is 6.07 Å². The lowest BCUT2D eigenvalue weighted by Crippen LogP contribution is -2.39. The van der Waals surface area contributed by atoms with Crippen molar-refractivity contribution in [2.24, 2.45) is 5.14 Å². The number of rotatable bonds is 3. The third kappa shape index (κ3) is 3.41. The zero-order valence-electron chi connectivity index (χ0n) is 11.9. The Labute approximate surface area is 120 Å². The lowest BCUT2D eigenvalue weighted by molar-refractivity contribution is 0.261. The van der Waals surface area contributed by atoms with Gasteiger partial charge < -0.3 is 16.0 Å². The first-order valence-corrected chi connectivity index (χ1v) is 8.20. The summed E-state index contributed by atoms with van der Waals surface area (Å²) in [6.07, 6.45) is 2.18. The first kappa shape index (κ1) is 15.1. The molecule has 1 heterocycles. The van der Waals surface area contributed by atoms with Gasteiger partial charge in [0.1, 0.15) is 0 Å². The Morgan fingerprint density at radius 2 is 2.10 bits per heavy atom. The summed E-state index contributed by atoms with van der Waals surface area (Å²) in [6.45, 7) is 3.77. The van der Waals surface area contributed by atoms with Crippen molar-refractivity contribution < 1.29 is 8.42 Å². The normalized spacial score (nSPS) is 20.9. The quantitative estimate of drug-likeness (QED) is 0.714. The number of primary sulfonamides is 1. The van der Waals surface area contributed by atoms with Gasteiger partial charge in [0.05, 0.1) is 4.90 Å². The smallest absolute Gasteiger partial charge is 0.238 e. The molecule has 1 aliphatic heterocycles. The number of nitrogen functional groups attached to an aromatic ring is 1. The molecule has 1 atom stereocenters. The van der Waals surface area contributed by atoms with E-state index in [0.29, 0.717) is 17.3 Å². The van der Waals surface area contributed by atoms with Gasteiger partial charge >= 0.3 is 0 Å². The van der Waals surface area contributed by atoms with Crippen LogP contribution in [0.2, 0.25) is 0 Å². The predicted molar refractivity (Wildman–Crippen MR) is 81.1 cm³/mol. The molecule has 1 saturated heterocycles. The number of piperidine rings is 1. The van der Waals surface area contributed by atoms with Crippen LogP contribution in [-0.4, -0.2) is 39.5 Å². The standard InChI is InChI=1S/C13H22N4O2S/c1-9-12(16-11-4-3-5-17(2)8-11)6-10(14)7-13(9)20(15,18)19/h6-7,11,16H,3-5,8,14H2,1-2H3,(H2,15,18,19). The molecular weight excluding hydrogens is 276 g/mol. The zero-order valence-corrected chi connectivity index (χ0v) is 12.7. The van der Waals surface area contributed by atoms with Gasteiger partial charge in [0.25, 0.3) is 0 Å². The summed E-state index contributed by atoms with van der Waals surface area (Å²) < 4.78 is 23.2. The number of anilines is 2. The molecule has 0 amide bonds. The SMILES string of the molecule is Cc1c(NC2CCCN(C)C2)cc(N)cc1S(N)(=O)=O. The largest absolute Gasteiger partial charge is 0.399 e. The van der Waals surface area contributed by atoms with Gasteiger partial charge in [-0.3, -0.25) is 0 Å². The highest BCUT2D eigenvalue weighted by atomic mass is 32.2. The molecule has 1 aromatic carbocycles. The van der Waals surface area contributed by atoms with Gasteiger partial charge in [-0.1, -0.05) is 0 Å². The Kier molecular flexibility index (Phi) is 4.22. The van der Waals surface area contributed by atoms with Crippen LogP contribution >= 0.6 is 0 Å². The molecule has 1 fully saturated rings. The molecule has 1 unspecified atom stereocenters. The molecule has 112 valence electrons.